The van der Waals surface area contributed by atoms with Crippen molar-refractivity contribution in [2.24, 2.45) is 5.73 Å². The van der Waals surface area contributed by atoms with Gasteiger partial charge in [-0.3, -0.25) is 4.98 Å². The van der Waals surface area contributed by atoms with E-state index in [4.69, 9.17) is 10.3 Å². The Morgan fingerprint density at radius 1 is 1.37 bits per heavy atom. The van der Waals surface area contributed by atoms with Crippen molar-refractivity contribution in [2.75, 3.05) is 11.5 Å². The van der Waals surface area contributed by atoms with Gasteiger partial charge in [-0.15, -0.1) is 0 Å². The molecule has 0 radical (unpaired) electrons. The zero-order valence-corrected chi connectivity index (χ0v) is 13.7. The average Bonchev–Trinajstić information content (AvgIpc) is 2.97. The van der Waals surface area contributed by atoms with Crippen LogP contribution in [-0.2, 0) is 0 Å². The second-order valence-electron chi connectivity index (χ2n) is 4.25. The lowest BCUT2D eigenvalue weighted by Crippen LogP contribution is -2.26. The van der Waals surface area contributed by atoms with Crippen LogP contribution in [0.2, 0.25) is 0 Å². The highest BCUT2D eigenvalue weighted by Crippen LogP contribution is 2.32. The van der Waals surface area contributed by atoms with Gasteiger partial charge in [0.1, 0.15) is 5.69 Å². The number of rotatable bonds is 2. The number of nitrogens with two attached hydrogens (primary N) is 1. The summed E-state index contributed by atoms with van der Waals surface area (Å²) in [6.07, 6.45) is 1.70. The third-order valence-electron chi connectivity index (χ3n) is 2.90. The first kappa shape index (κ1) is 13.5. The molecule has 0 aromatic carbocycles. The summed E-state index contributed by atoms with van der Waals surface area (Å²) in [5.41, 5.74) is 6.69. The fourth-order valence-corrected chi connectivity index (χ4v) is 4.34. The van der Waals surface area contributed by atoms with Crippen LogP contribution in [0.5, 0.6) is 0 Å². The van der Waals surface area contributed by atoms with Gasteiger partial charge in [0.2, 0.25) is 11.7 Å². The van der Waals surface area contributed by atoms with Crippen molar-refractivity contribution in [1.29, 1.82) is 0 Å². The molecule has 0 saturated carbocycles. The van der Waals surface area contributed by atoms with Gasteiger partial charge in [0.05, 0.1) is 5.92 Å². The quantitative estimate of drug-likeness (QED) is 0.827. The summed E-state index contributed by atoms with van der Waals surface area (Å²) in [7, 11) is 0. The van der Waals surface area contributed by atoms with Gasteiger partial charge in [0.15, 0.2) is 0 Å². The van der Waals surface area contributed by atoms with Gasteiger partial charge in [0, 0.05) is 32.7 Å². The molecular weight excluding hydrogens is 396 g/mol. The number of hydrogen-bond acceptors (Lipinski definition) is 6. The first-order valence-corrected chi connectivity index (χ1v) is 8.37. The molecule has 5 nitrogen and oxygen atoms in total. The minimum absolute atomic E-state index is 0.0830. The largest absolute Gasteiger partial charge is 0.339 e. The summed E-state index contributed by atoms with van der Waals surface area (Å²) in [4.78, 5) is 8.72. The fraction of sp³-hybridized carbons (Fsp3) is 0.364. The minimum Gasteiger partial charge on any atom is -0.339 e. The molecule has 2 aromatic heterocycles. The van der Waals surface area contributed by atoms with Crippen LogP contribution in [0, 0.1) is 0 Å². The average molecular weight is 406 g/mol. The normalized spacial score (nSPS) is 22.9. The number of pyridine rings is 1. The Bertz CT molecular complexity index is 606. The fourth-order valence-electron chi connectivity index (χ4n) is 1.89. The lowest BCUT2D eigenvalue weighted by molar-refractivity contribution is 0.352. The molecule has 2 atom stereocenters. The van der Waals surface area contributed by atoms with Crippen LogP contribution in [0.1, 0.15) is 11.8 Å². The molecule has 8 heteroatoms. The highest BCUT2D eigenvalue weighted by atomic mass is 79.9. The summed E-state index contributed by atoms with van der Waals surface area (Å²) in [5, 5.41) is 4.00. The summed E-state index contributed by atoms with van der Waals surface area (Å²) in [6, 6.07) is 1.98. The van der Waals surface area contributed by atoms with Crippen molar-refractivity contribution in [3.63, 3.8) is 0 Å². The SMILES string of the molecule is NC1CSCC1c1nc(-c2ncc(Br)cc2Br)no1. The molecule has 2 aromatic rings. The maximum absolute atomic E-state index is 6.03. The molecule has 2 unspecified atom stereocenters. The molecule has 0 amide bonds. The molecule has 0 spiro atoms. The van der Waals surface area contributed by atoms with Crippen LogP contribution in [0.15, 0.2) is 25.7 Å². The number of thioether (sulfide) groups is 1. The summed E-state index contributed by atoms with van der Waals surface area (Å²) >= 11 is 8.62. The van der Waals surface area contributed by atoms with Crippen LogP contribution >= 0.6 is 43.6 Å². The third-order valence-corrected chi connectivity index (χ3v) is 5.16. The summed E-state index contributed by atoms with van der Waals surface area (Å²) in [5.74, 6) is 3.09. The smallest absolute Gasteiger partial charge is 0.232 e. The lowest BCUT2D eigenvalue weighted by atomic mass is 10.1. The van der Waals surface area contributed by atoms with E-state index in [1.165, 1.54) is 0 Å². The van der Waals surface area contributed by atoms with E-state index in [0.717, 1.165) is 20.5 Å². The van der Waals surface area contributed by atoms with E-state index in [1.54, 1.807) is 6.20 Å². The van der Waals surface area contributed by atoms with Crippen LogP contribution in [0.25, 0.3) is 11.5 Å². The van der Waals surface area contributed by atoms with Crippen LogP contribution in [-0.4, -0.2) is 32.7 Å². The van der Waals surface area contributed by atoms with Gasteiger partial charge in [-0.05, 0) is 37.9 Å². The van der Waals surface area contributed by atoms with Crippen molar-refractivity contribution in [3.05, 3.63) is 27.1 Å². The standard InChI is InChI=1S/C11H10Br2N4OS/c12-5-1-7(13)9(15-2-5)10-16-11(18-17-10)6-3-19-4-8(6)14/h1-2,6,8H,3-4,14H2. The Morgan fingerprint density at radius 2 is 2.21 bits per heavy atom. The monoisotopic (exact) mass is 404 g/mol. The summed E-state index contributed by atoms with van der Waals surface area (Å²) in [6.45, 7) is 0. The molecule has 1 aliphatic heterocycles. The number of aromatic nitrogens is 3. The van der Waals surface area contributed by atoms with E-state index in [2.05, 4.69) is 47.0 Å². The van der Waals surface area contributed by atoms with E-state index >= 15 is 0 Å². The Balaban J connectivity index is 1.92. The van der Waals surface area contributed by atoms with Crippen molar-refractivity contribution < 1.29 is 4.52 Å². The number of nitrogens with zero attached hydrogens (tertiary/aromatic N) is 3. The van der Waals surface area contributed by atoms with Crippen LogP contribution in [0.3, 0.4) is 0 Å². The van der Waals surface area contributed by atoms with Crippen molar-refractivity contribution >= 4 is 43.6 Å². The Kier molecular flexibility index (Phi) is 3.93. The second-order valence-corrected chi connectivity index (χ2v) is 7.09. The molecular formula is C11H10Br2N4OS. The van der Waals surface area contributed by atoms with Gasteiger partial charge < -0.3 is 10.3 Å². The molecule has 1 aliphatic rings. The van der Waals surface area contributed by atoms with Crippen LogP contribution in [0.4, 0.5) is 0 Å². The minimum atomic E-state index is 0.0830. The van der Waals surface area contributed by atoms with Crippen molar-refractivity contribution in [1.82, 2.24) is 15.1 Å². The highest BCUT2D eigenvalue weighted by molar-refractivity contribution is 9.11. The molecule has 100 valence electrons. The third kappa shape index (κ3) is 2.72. The summed E-state index contributed by atoms with van der Waals surface area (Å²) < 4.78 is 7.04. The molecule has 2 N–H and O–H groups in total. The molecule has 3 rings (SSSR count). The first-order valence-electron chi connectivity index (χ1n) is 5.63. The van der Waals surface area contributed by atoms with Gasteiger partial charge in [0.25, 0.3) is 0 Å². The maximum atomic E-state index is 6.03. The molecule has 0 bridgehead atoms. The Hall–Kier alpha value is -0.440. The van der Waals surface area contributed by atoms with Gasteiger partial charge >= 0.3 is 0 Å². The van der Waals surface area contributed by atoms with Gasteiger partial charge in [-0.25, -0.2) is 0 Å². The number of hydrogen-bond donors (Lipinski definition) is 1. The molecule has 0 aliphatic carbocycles. The molecule has 1 fully saturated rings. The van der Waals surface area contributed by atoms with E-state index in [9.17, 15) is 0 Å². The van der Waals surface area contributed by atoms with Gasteiger partial charge in [-0.1, -0.05) is 5.16 Å². The van der Waals surface area contributed by atoms with Crippen molar-refractivity contribution in [2.45, 2.75) is 12.0 Å². The van der Waals surface area contributed by atoms with E-state index < -0.39 is 0 Å². The second kappa shape index (κ2) is 5.51. The first-order chi connectivity index (χ1) is 9.15. The van der Waals surface area contributed by atoms with Crippen molar-refractivity contribution in [3.8, 4) is 11.5 Å². The van der Waals surface area contributed by atoms with E-state index in [-0.39, 0.29) is 12.0 Å². The molecule has 19 heavy (non-hydrogen) atoms. The Labute approximate surface area is 131 Å². The Morgan fingerprint density at radius 3 is 2.89 bits per heavy atom. The topological polar surface area (TPSA) is 77.8 Å². The van der Waals surface area contributed by atoms with Crippen LogP contribution < -0.4 is 5.73 Å². The lowest BCUT2D eigenvalue weighted by Gasteiger charge is -2.07. The van der Waals surface area contributed by atoms with E-state index in [0.29, 0.717) is 17.4 Å². The predicted octanol–water partition coefficient (Wildman–Crippen LogP) is 2.81. The van der Waals surface area contributed by atoms with Gasteiger partial charge in [-0.2, -0.15) is 16.7 Å². The molecule has 3 heterocycles. The highest BCUT2D eigenvalue weighted by Gasteiger charge is 2.31. The maximum Gasteiger partial charge on any atom is 0.232 e. The predicted molar refractivity (Wildman–Crippen MR) is 81.0 cm³/mol. The van der Waals surface area contributed by atoms with E-state index in [1.807, 2.05) is 17.8 Å². The number of halogens is 2. The zero-order chi connectivity index (χ0) is 13.4. The zero-order valence-electron chi connectivity index (χ0n) is 9.72. The molecule has 1 saturated heterocycles.